The Morgan fingerprint density at radius 3 is 2.56 bits per heavy atom. The van der Waals surface area contributed by atoms with Crippen LogP contribution in [0.1, 0.15) is 24.3 Å². The van der Waals surface area contributed by atoms with Gasteiger partial charge in [0.05, 0.1) is 13.2 Å². The fraction of sp³-hybridized carbons (Fsp3) is 0.200. The first-order valence-corrected chi connectivity index (χ1v) is 9.25. The molecule has 140 valence electrons. The lowest BCUT2D eigenvalue weighted by Crippen LogP contribution is -2.12. The van der Waals surface area contributed by atoms with E-state index in [2.05, 4.69) is 10.3 Å². The Morgan fingerprint density at radius 1 is 1.19 bits per heavy atom. The van der Waals surface area contributed by atoms with Gasteiger partial charge in [0.25, 0.3) is 5.91 Å². The zero-order chi connectivity index (χ0) is 19.4. The number of phenolic OH excluding ortho intramolecular Hbond substituents is 1. The van der Waals surface area contributed by atoms with Crippen LogP contribution in [-0.2, 0) is 0 Å². The predicted octanol–water partition coefficient (Wildman–Crippen LogP) is 4.56. The molecule has 0 unspecified atom stereocenters. The quantitative estimate of drug-likeness (QED) is 0.651. The number of aromatic nitrogens is 1. The molecule has 0 atom stereocenters. The number of anilines is 1. The summed E-state index contributed by atoms with van der Waals surface area (Å²) in [6, 6.07) is 12.3. The second kappa shape index (κ2) is 8.09. The number of rotatable bonds is 6. The molecular formula is C20H20N2O4S. The van der Waals surface area contributed by atoms with Crippen LogP contribution in [0, 0.1) is 0 Å². The SMILES string of the molecule is COc1ccc(NC(=O)c2csc(-c3ccc(OC(C)C)cc3)n2)cc1O. The third-order valence-electron chi connectivity index (χ3n) is 3.65. The molecule has 7 heteroatoms. The molecule has 0 fully saturated rings. The normalized spacial score (nSPS) is 10.7. The molecular weight excluding hydrogens is 364 g/mol. The van der Waals surface area contributed by atoms with E-state index in [4.69, 9.17) is 9.47 Å². The van der Waals surface area contributed by atoms with Crippen LogP contribution in [0.2, 0.25) is 0 Å². The largest absolute Gasteiger partial charge is 0.504 e. The number of nitrogens with zero attached hydrogens (tertiary/aromatic N) is 1. The van der Waals surface area contributed by atoms with Gasteiger partial charge < -0.3 is 19.9 Å². The number of hydrogen-bond acceptors (Lipinski definition) is 6. The maximum absolute atomic E-state index is 12.4. The van der Waals surface area contributed by atoms with Crippen LogP contribution >= 0.6 is 11.3 Å². The molecule has 2 N–H and O–H groups in total. The number of phenols is 1. The second-order valence-electron chi connectivity index (χ2n) is 6.07. The van der Waals surface area contributed by atoms with Crippen molar-refractivity contribution in [3.63, 3.8) is 0 Å². The lowest BCUT2D eigenvalue weighted by atomic mass is 10.2. The summed E-state index contributed by atoms with van der Waals surface area (Å²) in [7, 11) is 1.46. The van der Waals surface area contributed by atoms with E-state index in [9.17, 15) is 9.90 Å². The number of amides is 1. The minimum atomic E-state index is -0.346. The fourth-order valence-corrected chi connectivity index (χ4v) is 3.23. The molecule has 6 nitrogen and oxygen atoms in total. The molecule has 0 bridgehead atoms. The minimum absolute atomic E-state index is 0.0435. The van der Waals surface area contributed by atoms with Crippen molar-refractivity contribution in [2.24, 2.45) is 0 Å². The second-order valence-corrected chi connectivity index (χ2v) is 6.93. The van der Waals surface area contributed by atoms with Crippen molar-refractivity contribution in [2.45, 2.75) is 20.0 Å². The van der Waals surface area contributed by atoms with Crippen molar-refractivity contribution >= 4 is 22.9 Å². The number of carbonyl (C=O) groups excluding carboxylic acids is 1. The van der Waals surface area contributed by atoms with Gasteiger partial charge >= 0.3 is 0 Å². The molecule has 27 heavy (non-hydrogen) atoms. The van der Waals surface area contributed by atoms with Crippen molar-refractivity contribution in [2.75, 3.05) is 12.4 Å². The zero-order valence-corrected chi connectivity index (χ0v) is 16.0. The zero-order valence-electron chi connectivity index (χ0n) is 15.2. The van der Waals surface area contributed by atoms with Crippen molar-refractivity contribution in [3.05, 3.63) is 53.5 Å². The van der Waals surface area contributed by atoms with Crippen LogP contribution in [0.15, 0.2) is 47.8 Å². The number of hydrogen-bond donors (Lipinski definition) is 2. The summed E-state index contributed by atoms with van der Waals surface area (Å²) in [4.78, 5) is 16.8. The molecule has 0 aliphatic heterocycles. The van der Waals surface area contributed by atoms with Gasteiger partial charge in [0.2, 0.25) is 0 Å². The molecule has 0 aliphatic carbocycles. The molecule has 0 aliphatic rings. The van der Waals surface area contributed by atoms with E-state index < -0.39 is 0 Å². The third-order valence-corrected chi connectivity index (χ3v) is 4.54. The van der Waals surface area contributed by atoms with Gasteiger partial charge in [0.1, 0.15) is 16.5 Å². The highest BCUT2D eigenvalue weighted by Crippen LogP contribution is 2.29. The number of methoxy groups -OCH3 is 1. The highest BCUT2D eigenvalue weighted by atomic mass is 32.1. The maximum Gasteiger partial charge on any atom is 0.275 e. The van der Waals surface area contributed by atoms with Crippen LogP contribution < -0.4 is 14.8 Å². The first kappa shape index (κ1) is 18.7. The van der Waals surface area contributed by atoms with Crippen LogP contribution in [0.3, 0.4) is 0 Å². The van der Waals surface area contributed by atoms with E-state index >= 15 is 0 Å². The molecule has 2 aromatic carbocycles. The van der Waals surface area contributed by atoms with Gasteiger partial charge in [-0.1, -0.05) is 0 Å². The summed E-state index contributed by atoms with van der Waals surface area (Å²) in [5.74, 6) is 0.747. The smallest absolute Gasteiger partial charge is 0.275 e. The Labute approximate surface area is 161 Å². The molecule has 0 spiro atoms. The molecule has 0 radical (unpaired) electrons. The van der Waals surface area contributed by atoms with Gasteiger partial charge in [-0.2, -0.15) is 0 Å². The van der Waals surface area contributed by atoms with Crippen molar-refractivity contribution in [1.29, 1.82) is 0 Å². The van der Waals surface area contributed by atoms with E-state index in [1.54, 1.807) is 17.5 Å². The van der Waals surface area contributed by atoms with E-state index in [0.717, 1.165) is 16.3 Å². The van der Waals surface area contributed by atoms with Gasteiger partial charge in [-0.3, -0.25) is 4.79 Å². The number of carbonyl (C=O) groups is 1. The summed E-state index contributed by atoms with van der Waals surface area (Å²) in [6.45, 7) is 3.95. The number of benzene rings is 2. The molecule has 0 saturated carbocycles. The van der Waals surface area contributed by atoms with E-state index in [-0.39, 0.29) is 17.8 Å². The number of thiazole rings is 1. The van der Waals surface area contributed by atoms with Gasteiger partial charge in [0, 0.05) is 22.7 Å². The average Bonchev–Trinajstić information content (AvgIpc) is 3.12. The lowest BCUT2D eigenvalue weighted by Gasteiger charge is -2.09. The Bertz CT molecular complexity index is 935. The molecule has 3 aromatic rings. The minimum Gasteiger partial charge on any atom is -0.504 e. The summed E-state index contributed by atoms with van der Waals surface area (Å²) in [5.41, 5.74) is 1.69. The summed E-state index contributed by atoms with van der Waals surface area (Å²) < 4.78 is 10.6. The first-order valence-electron chi connectivity index (χ1n) is 8.37. The standard InChI is InChI=1S/C20H20N2O4S/c1-12(2)26-15-7-4-13(5-8-15)20-22-16(11-27-20)19(24)21-14-6-9-18(25-3)17(23)10-14/h4-12,23H,1-3H3,(H,21,24). The van der Waals surface area contributed by atoms with Crippen molar-refractivity contribution in [3.8, 4) is 27.8 Å². The Morgan fingerprint density at radius 2 is 1.93 bits per heavy atom. The Hall–Kier alpha value is -3.06. The highest BCUT2D eigenvalue weighted by molar-refractivity contribution is 7.13. The average molecular weight is 384 g/mol. The number of ether oxygens (including phenoxy) is 2. The van der Waals surface area contributed by atoms with Crippen LogP contribution in [0.25, 0.3) is 10.6 Å². The maximum atomic E-state index is 12.4. The summed E-state index contributed by atoms with van der Waals surface area (Å²) >= 11 is 1.39. The van der Waals surface area contributed by atoms with Crippen LogP contribution in [0.4, 0.5) is 5.69 Å². The first-order chi connectivity index (χ1) is 13.0. The highest BCUT2D eigenvalue weighted by Gasteiger charge is 2.13. The summed E-state index contributed by atoms with van der Waals surface area (Å²) in [5, 5.41) is 15.0. The molecule has 0 saturated heterocycles. The van der Waals surface area contributed by atoms with Gasteiger partial charge in [-0.25, -0.2) is 4.98 Å². The lowest BCUT2D eigenvalue weighted by molar-refractivity contribution is 0.102. The Balaban J connectivity index is 1.71. The van der Waals surface area contributed by atoms with Crippen LogP contribution in [-0.4, -0.2) is 29.2 Å². The monoisotopic (exact) mass is 384 g/mol. The predicted molar refractivity (Wildman–Crippen MR) is 106 cm³/mol. The molecule has 1 aromatic heterocycles. The fourth-order valence-electron chi connectivity index (χ4n) is 2.42. The van der Waals surface area contributed by atoms with E-state index in [0.29, 0.717) is 17.1 Å². The van der Waals surface area contributed by atoms with Crippen molar-refractivity contribution in [1.82, 2.24) is 4.98 Å². The molecule has 3 rings (SSSR count). The van der Waals surface area contributed by atoms with Crippen LogP contribution in [0.5, 0.6) is 17.2 Å². The van der Waals surface area contributed by atoms with Gasteiger partial charge in [-0.15, -0.1) is 11.3 Å². The van der Waals surface area contributed by atoms with E-state index in [1.165, 1.54) is 24.5 Å². The summed E-state index contributed by atoms with van der Waals surface area (Å²) in [6.07, 6.45) is 0.114. The topological polar surface area (TPSA) is 80.7 Å². The Kier molecular flexibility index (Phi) is 5.61. The molecule has 1 heterocycles. The van der Waals surface area contributed by atoms with Gasteiger partial charge in [-0.05, 0) is 50.2 Å². The van der Waals surface area contributed by atoms with E-state index in [1.807, 2.05) is 38.1 Å². The van der Waals surface area contributed by atoms with Gasteiger partial charge in [0.15, 0.2) is 11.5 Å². The third kappa shape index (κ3) is 4.57. The molecule has 1 amide bonds. The number of aromatic hydroxyl groups is 1. The van der Waals surface area contributed by atoms with Crippen molar-refractivity contribution < 1.29 is 19.4 Å². The number of nitrogens with one attached hydrogen (secondary N) is 1.